The second-order valence-corrected chi connectivity index (χ2v) is 12.2. The van der Waals surface area contributed by atoms with Gasteiger partial charge in [-0.1, -0.05) is 86.0 Å². The summed E-state index contributed by atoms with van der Waals surface area (Å²) in [6, 6.07) is 33.7. The van der Waals surface area contributed by atoms with Crippen LogP contribution in [0.25, 0.3) is 11.1 Å². The Balaban J connectivity index is 1.39. The van der Waals surface area contributed by atoms with Crippen LogP contribution < -0.4 is 9.47 Å². The van der Waals surface area contributed by atoms with Gasteiger partial charge in [0.15, 0.2) is 0 Å². The summed E-state index contributed by atoms with van der Waals surface area (Å²) in [5, 5.41) is 0. The summed E-state index contributed by atoms with van der Waals surface area (Å²) in [7, 11) is 0. The van der Waals surface area contributed by atoms with Gasteiger partial charge in [-0.2, -0.15) is 0 Å². The molecule has 0 heterocycles. The van der Waals surface area contributed by atoms with Crippen LogP contribution in [-0.4, -0.2) is 37.4 Å². The number of fused-ring (bicyclic) bond motifs is 3. The van der Waals surface area contributed by atoms with Gasteiger partial charge in [0.2, 0.25) is 0 Å². The highest BCUT2D eigenvalue weighted by Crippen LogP contribution is 2.56. The molecule has 2 atom stereocenters. The molecule has 0 spiro atoms. The van der Waals surface area contributed by atoms with Gasteiger partial charge in [0.1, 0.15) is 23.7 Å². The van der Waals surface area contributed by atoms with E-state index in [1.165, 1.54) is 22.3 Å². The predicted octanol–water partition coefficient (Wildman–Crippen LogP) is 8.60. The highest BCUT2D eigenvalue weighted by molar-refractivity contribution is 5.88. The van der Waals surface area contributed by atoms with E-state index in [2.05, 4.69) is 86.0 Å². The van der Waals surface area contributed by atoms with Gasteiger partial charge in [0.25, 0.3) is 0 Å². The lowest BCUT2D eigenvalue weighted by Crippen LogP contribution is -2.28. The Kier molecular flexibility index (Phi) is 10.3. The zero-order valence-corrected chi connectivity index (χ0v) is 27.6. The third-order valence-electron chi connectivity index (χ3n) is 8.43. The van der Waals surface area contributed by atoms with Crippen molar-refractivity contribution in [2.75, 3.05) is 13.2 Å². The summed E-state index contributed by atoms with van der Waals surface area (Å²) in [4.78, 5) is 23.7. The second kappa shape index (κ2) is 14.5. The summed E-state index contributed by atoms with van der Waals surface area (Å²) in [6.07, 6.45) is 0.585. The first-order valence-corrected chi connectivity index (χ1v) is 16.0. The number of carbonyl (C=O) groups excluding carboxylic acids is 2. The van der Waals surface area contributed by atoms with Crippen molar-refractivity contribution in [3.8, 4) is 22.6 Å². The van der Waals surface area contributed by atoms with Crippen molar-refractivity contribution in [2.45, 2.75) is 58.2 Å². The normalized spacial score (nSPS) is 13.8. The van der Waals surface area contributed by atoms with Crippen LogP contribution in [0.2, 0.25) is 0 Å². The predicted molar refractivity (Wildman–Crippen MR) is 185 cm³/mol. The van der Waals surface area contributed by atoms with Crippen LogP contribution in [-0.2, 0) is 24.5 Å². The maximum atomic E-state index is 11.8. The molecular formula is C41H42O6. The van der Waals surface area contributed by atoms with Gasteiger partial charge in [0.05, 0.1) is 18.6 Å². The van der Waals surface area contributed by atoms with Crippen LogP contribution in [0.15, 0.2) is 121 Å². The summed E-state index contributed by atoms with van der Waals surface area (Å²) in [5.74, 6) is 0.711. The molecule has 0 amide bonds. The fourth-order valence-electron chi connectivity index (χ4n) is 6.00. The van der Waals surface area contributed by atoms with Gasteiger partial charge in [0, 0.05) is 24.0 Å². The third kappa shape index (κ3) is 7.17. The monoisotopic (exact) mass is 630 g/mol. The summed E-state index contributed by atoms with van der Waals surface area (Å²) < 4.78 is 22.9. The van der Waals surface area contributed by atoms with Crippen molar-refractivity contribution < 1.29 is 28.5 Å². The molecule has 6 heteroatoms. The van der Waals surface area contributed by atoms with Gasteiger partial charge in [-0.25, -0.2) is 9.59 Å². The minimum atomic E-state index is -0.555. The molecule has 4 aromatic rings. The minimum Gasteiger partial charge on any atom is -0.493 e. The van der Waals surface area contributed by atoms with E-state index >= 15 is 0 Å². The quantitative estimate of drug-likeness (QED) is 0.0904. The van der Waals surface area contributed by atoms with Crippen molar-refractivity contribution in [3.05, 3.63) is 144 Å². The van der Waals surface area contributed by atoms with E-state index in [9.17, 15) is 9.59 Å². The molecule has 0 aromatic heterocycles. The molecule has 242 valence electrons. The fraction of sp³-hybridized carbons (Fsp3) is 0.268. The average molecular weight is 631 g/mol. The van der Waals surface area contributed by atoms with Gasteiger partial charge in [-0.3, -0.25) is 0 Å². The van der Waals surface area contributed by atoms with E-state index in [0.29, 0.717) is 37.2 Å². The van der Waals surface area contributed by atoms with E-state index in [4.69, 9.17) is 18.9 Å². The molecule has 47 heavy (non-hydrogen) atoms. The van der Waals surface area contributed by atoms with Gasteiger partial charge >= 0.3 is 11.9 Å². The van der Waals surface area contributed by atoms with Crippen molar-refractivity contribution in [2.24, 2.45) is 0 Å². The van der Waals surface area contributed by atoms with E-state index in [1.807, 2.05) is 38.1 Å². The lowest BCUT2D eigenvalue weighted by Gasteiger charge is -2.34. The number of esters is 2. The second-order valence-electron chi connectivity index (χ2n) is 12.2. The maximum Gasteiger partial charge on any atom is 0.333 e. The number of hydrogen-bond acceptors (Lipinski definition) is 6. The SMILES string of the molecule is C=C(C)C(=O)OC(C)CCOc1ccc(C2(c3ccc(OCCC(C)OC(=O)C(=C)C)cc3)c3ccccc3-c3ccccc32)cc1. The first-order chi connectivity index (χ1) is 22.6. The maximum absolute atomic E-state index is 11.8. The number of benzene rings is 4. The Morgan fingerprint density at radius 3 is 1.32 bits per heavy atom. The molecule has 2 unspecified atom stereocenters. The minimum absolute atomic E-state index is 0.275. The molecule has 1 aliphatic rings. The Morgan fingerprint density at radius 2 is 0.957 bits per heavy atom. The smallest absolute Gasteiger partial charge is 0.333 e. The molecule has 1 aliphatic carbocycles. The van der Waals surface area contributed by atoms with Gasteiger partial charge < -0.3 is 18.9 Å². The molecule has 6 nitrogen and oxygen atoms in total. The standard InChI is InChI=1S/C41H42O6/c1-27(2)39(42)46-29(5)23-25-44-33-19-15-31(16-20-33)41(37-13-9-7-11-35(37)36-12-8-10-14-38(36)41)32-17-21-34(22-18-32)45-26-24-30(6)47-40(43)28(3)4/h7-22,29-30H,1,3,23-26H2,2,4-6H3. The topological polar surface area (TPSA) is 71.1 Å². The zero-order chi connectivity index (χ0) is 33.6. The van der Waals surface area contributed by atoms with Crippen molar-refractivity contribution in [1.29, 1.82) is 0 Å². The van der Waals surface area contributed by atoms with Gasteiger partial charge in [-0.05, 0) is 85.3 Å². The van der Waals surface area contributed by atoms with Crippen LogP contribution in [0.4, 0.5) is 0 Å². The molecule has 0 N–H and O–H groups in total. The molecule has 0 fully saturated rings. The average Bonchev–Trinajstić information content (AvgIpc) is 3.36. The zero-order valence-electron chi connectivity index (χ0n) is 27.6. The van der Waals surface area contributed by atoms with Crippen molar-refractivity contribution >= 4 is 11.9 Å². The van der Waals surface area contributed by atoms with Crippen molar-refractivity contribution in [3.63, 3.8) is 0 Å². The number of ether oxygens (including phenoxy) is 4. The summed E-state index contributed by atoms with van der Waals surface area (Å²) in [6.45, 7) is 15.1. The largest absolute Gasteiger partial charge is 0.493 e. The molecule has 0 aliphatic heterocycles. The van der Waals surface area contributed by atoms with Crippen LogP contribution >= 0.6 is 0 Å². The summed E-state index contributed by atoms with van der Waals surface area (Å²) in [5.41, 5.74) is 7.29. The molecular weight excluding hydrogens is 588 g/mol. The molecule has 0 saturated heterocycles. The van der Waals surface area contributed by atoms with Crippen molar-refractivity contribution in [1.82, 2.24) is 0 Å². The Morgan fingerprint density at radius 1 is 0.596 bits per heavy atom. The molecule has 5 rings (SSSR count). The first-order valence-electron chi connectivity index (χ1n) is 16.0. The van der Waals surface area contributed by atoms with Gasteiger partial charge in [-0.15, -0.1) is 0 Å². The van der Waals surface area contributed by atoms with E-state index in [1.54, 1.807) is 13.8 Å². The lowest BCUT2D eigenvalue weighted by atomic mass is 9.68. The van der Waals surface area contributed by atoms with E-state index in [-0.39, 0.29) is 24.1 Å². The highest BCUT2D eigenvalue weighted by atomic mass is 16.5. The third-order valence-corrected chi connectivity index (χ3v) is 8.43. The van der Waals surface area contributed by atoms with Crippen LogP contribution in [0.3, 0.4) is 0 Å². The highest BCUT2D eigenvalue weighted by Gasteiger charge is 2.45. The van der Waals surface area contributed by atoms with Crippen LogP contribution in [0, 0.1) is 0 Å². The Hall–Kier alpha value is -5.10. The Bertz CT molecular complexity index is 1620. The molecule has 4 aromatic carbocycles. The number of carbonyl (C=O) groups is 2. The summed E-state index contributed by atoms with van der Waals surface area (Å²) >= 11 is 0. The number of rotatable bonds is 14. The first kappa shape index (κ1) is 33.3. The molecule has 0 radical (unpaired) electrons. The number of hydrogen-bond donors (Lipinski definition) is 0. The van der Waals surface area contributed by atoms with E-state index < -0.39 is 5.41 Å². The van der Waals surface area contributed by atoms with Crippen LogP contribution in [0.1, 0.15) is 62.8 Å². The molecule has 0 bridgehead atoms. The van der Waals surface area contributed by atoms with Crippen LogP contribution in [0.5, 0.6) is 11.5 Å². The van der Waals surface area contributed by atoms with E-state index in [0.717, 1.165) is 22.6 Å². The lowest BCUT2D eigenvalue weighted by molar-refractivity contribution is -0.144. The Labute approximate surface area is 277 Å². The molecule has 0 saturated carbocycles. The fourth-order valence-corrected chi connectivity index (χ4v) is 6.00.